The molecule has 146 valence electrons. The van der Waals surface area contributed by atoms with E-state index in [0.717, 1.165) is 34.5 Å². The number of aromatic nitrogens is 3. The van der Waals surface area contributed by atoms with Crippen LogP contribution in [0, 0.1) is 13.8 Å². The Morgan fingerprint density at radius 3 is 2.71 bits per heavy atom. The van der Waals surface area contributed by atoms with Crippen LogP contribution in [0.15, 0.2) is 53.9 Å². The number of aryl methyl sites for hydroxylation is 2. The Kier molecular flexibility index (Phi) is 6.71. The van der Waals surface area contributed by atoms with E-state index in [1.165, 1.54) is 18.1 Å². The first-order valence-corrected chi connectivity index (χ1v) is 10.1. The molecule has 1 heterocycles. The van der Waals surface area contributed by atoms with Crippen molar-refractivity contribution in [3.05, 3.63) is 59.9 Å². The maximum absolute atomic E-state index is 11.3. The Hall–Kier alpha value is -2.80. The Labute approximate surface area is 169 Å². The molecule has 0 bridgehead atoms. The molecule has 0 saturated heterocycles. The standard InChI is InChI=1S/C21H24N4O2S/c1-15-10-16(2)12-20(11-15)27-8-5-9-28-21-24-22-14-25(21)19-7-4-6-18(13-19)23-17(3)26/h4,6-7,10-14H,5,8-9H2,1-3H3,(H,23,26). The van der Waals surface area contributed by atoms with Gasteiger partial charge in [0.15, 0.2) is 5.16 Å². The minimum absolute atomic E-state index is 0.0979. The summed E-state index contributed by atoms with van der Waals surface area (Å²) in [4.78, 5) is 11.3. The van der Waals surface area contributed by atoms with Gasteiger partial charge in [0.25, 0.3) is 0 Å². The molecular formula is C21H24N4O2S. The molecule has 0 saturated carbocycles. The maximum Gasteiger partial charge on any atom is 0.221 e. The van der Waals surface area contributed by atoms with Gasteiger partial charge in [0.1, 0.15) is 12.1 Å². The second kappa shape index (κ2) is 9.41. The summed E-state index contributed by atoms with van der Waals surface area (Å²) in [6.07, 6.45) is 2.58. The molecule has 0 aliphatic heterocycles. The number of benzene rings is 2. The zero-order valence-electron chi connectivity index (χ0n) is 16.3. The highest BCUT2D eigenvalue weighted by Gasteiger charge is 2.08. The molecular weight excluding hydrogens is 372 g/mol. The van der Waals surface area contributed by atoms with Gasteiger partial charge in [0, 0.05) is 18.4 Å². The highest BCUT2D eigenvalue weighted by atomic mass is 32.2. The molecule has 3 rings (SSSR count). The maximum atomic E-state index is 11.3. The Bertz CT molecular complexity index is 935. The van der Waals surface area contributed by atoms with E-state index in [4.69, 9.17) is 4.74 Å². The van der Waals surface area contributed by atoms with Gasteiger partial charge in [-0.1, -0.05) is 23.9 Å². The summed E-state index contributed by atoms with van der Waals surface area (Å²) in [5, 5.41) is 11.8. The Morgan fingerprint density at radius 2 is 1.96 bits per heavy atom. The molecule has 0 aliphatic carbocycles. The van der Waals surface area contributed by atoms with Crippen LogP contribution >= 0.6 is 11.8 Å². The minimum atomic E-state index is -0.0979. The summed E-state index contributed by atoms with van der Waals surface area (Å²) < 4.78 is 7.78. The largest absolute Gasteiger partial charge is 0.494 e. The van der Waals surface area contributed by atoms with Crippen LogP contribution in [0.5, 0.6) is 5.75 Å². The number of nitrogens with zero attached hydrogens (tertiary/aromatic N) is 3. The van der Waals surface area contributed by atoms with Crippen LogP contribution in [0.4, 0.5) is 5.69 Å². The van der Waals surface area contributed by atoms with Crippen molar-refractivity contribution in [1.82, 2.24) is 14.8 Å². The van der Waals surface area contributed by atoms with Crippen LogP contribution in [0.3, 0.4) is 0 Å². The van der Waals surface area contributed by atoms with Crippen molar-refractivity contribution in [1.29, 1.82) is 0 Å². The van der Waals surface area contributed by atoms with Crippen molar-refractivity contribution in [3.63, 3.8) is 0 Å². The molecule has 1 aromatic heterocycles. The number of carbonyl (C=O) groups is 1. The van der Waals surface area contributed by atoms with Crippen LogP contribution in [0.2, 0.25) is 0 Å². The molecule has 0 spiro atoms. The fourth-order valence-corrected chi connectivity index (χ4v) is 3.71. The van der Waals surface area contributed by atoms with Crippen LogP contribution in [0.1, 0.15) is 24.5 Å². The van der Waals surface area contributed by atoms with E-state index in [-0.39, 0.29) is 5.91 Å². The predicted molar refractivity (Wildman–Crippen MR) is 112 cm³/mol. The second-order valence-corrected chi connectivity index (χ2v) is 7.65. The molecule has 7 heteroatoms. The number of carbonyl (C=O) groups excluding carboxylic acids is 1. The third-order valence-corrected chi connectivity index (χ3v) is 4.97. The zero-order chi connectivity index (χ0) is 19.9. The fraction of sp³-hybridized carbons (Fsp3) is 0.286. The van der Waals surface area contributed by atoms with Crippen LogP contribution in [-0.4, -0.2) is 33.0 Å². The van der Waals surface area contributed by atoms with Crippen LogP contribution in [-0.2, 0) is 4.79 Å². The summed E-state index contributed by atoms with van der Waals surface area (Å²) in [5.74, 6) is 1.69. The summed E-state index contributed by atoms with van der Waals surface area (Å²) in [6.45, 7) is 6.29. The van der Waals surface area contributed by atoms with Gasteiger partial charge in [0.05, 0.1) is 12.3 Å². The van der Waals surface area contributed by atoms with Gasteiger partial charge in [-0.15, -0.1) is 10.2 Å². The number of ether oxygens (including phenoxy) is 1. The summed E-state index contributed by atoms with van der Waals surface area (Å²) >= 11 is 1.63. The van der Waals surface area contributed by atoms with E-state index in [1.54, 1.807) is 18.1 Å². The van der Waals surface area contributed by atoms with E-state index in [2.05, 4.69) is 47.6 Å². The van der Waals surface area contributed by atoms with E-state index in [0.29, 0.717) is 6.61 Å². The van der Waals surface area contributed by atoms with E-state index in [9.17, 15) is 4.79 Å². The number of thioether (sulfide) groups is 1. The van der Waals surface area contributed by atoms with E-state index in [1.807, 2.05) is 28.8 Å². The number of hydrogen-bond acceptors (Lipinski definition) is 5. The van der Waals surface area contributed by atoms with Crippen LogP contribution < -0.4 is 10.1 Å². The first-order chi connectivity index (χ1) is 13.5. The van der Waals surface area contributed by atoms with Gasteiger partial charge in [-0.05, 0) is 61.7 Å². The van der Waals surface area contributed by atoms with Crippen molar-refractivity contribution in [2.75, 3.05) is 17.7 Å². The smallest absolute Gasteiger partial charge is 0.221 e. The van der Waals surface area contributed by atoms with Crippen molar-refractivity contribution >= 4 is 23.4 Å². The van der Waals surface area contributed by atoms with Gasteiger partial charge in [-0.2, -0.15) is 0 Å². The monoisotopic (exact) mass is 396 g/mol. The lowest BCUT2D eigenvalue weighted by molar-refractivity contribution is -0.114. The van der Waals surface area contributed by atoms with Crippen LogP contribution in [0.25, 0.3) is 5.69 Å². The third-order valence-electron chi connectivity index (χ3n) is 3.94. The van der Waals surface area contributed by atoms with Crippen molar-refractivity contribution in [2.24, 2.45) is 0 Å². The fourth-order valence-electron chi connectivity index (χ4n) is 2.87. The molecule has 0 unspecified atom stereocenters. The molecule has 1 N–H and O–H groups in total. The molecule has 1 amide bonds. The number of nitrogens with one attached hydrogen (secondary N) is 1. The van der Waals surface area contributed by atoms with E-state index >= 15 is 0 Å². The SMILES string of the molecule is CC(=O)Nc1cccc(-n2cnnc2SCCCOc2cc(C)cc(C)c2)c1. The molecule has 6 nitrogen and oxygen atoms in total. The van der Waals surface area contributed by atoms with E-state index < -0.39 is 0 Å². The summed E-state index contributed by atoms with van der Waals surface area (Å²) in [5.41, 5.74) is 4.07. The number of anilines is 1. The molecule has 0 aliphatic rings. The van der Waals surface area contributed by atoms with Gasteiger partial charge >= 0.3 is 0 Å². The average Bonchev–Trinajstić information content (AvgIpc) is 3.09. The first-order valence-electron chi connectivity index (χ1n) is 9.13. The normalized spacial score (nSPS) is 10.7. The quantitative estimate of drug-likeness (QED) is 0.451. The van der Waals surface area contributed by atoms with Gasteiger partial charge in [-0.25, -0.2) is 0 Å². The Balaban J connectivity index is 1.54. The van der Waals surface area contributed by atoms with Gasteiger partial charge < -0.3 is 10.1 Å². The molecule has 0 fully saturated rings. The lowest BCUT2D eigenvalue weighted by atomic mass is 10.1. The average molecular weight is 397 g/mol. The lowest BCUT2D eigenvalue weighted by Crippen LogP contribution is -2.06. The molecule has 0 atom stereocenters. The molecule has 28 heavy (non-hydrogen) atoms. The van der Waals surface area contributed by atoms with Crippen molar-refractivity contribution in [3.8, 4) is 11.4 Å². The highest BCUT2D eigenvalue weighted by molar-refractivity contribution is 7.99. The number of amides is 1. The number of rotatable bonds is 8. The van der Waals surface area contributed by atoms with Crippen molar-refractivity contribution < 1.29 is 9.53 Å². The first kappa shape index (κ1) is 19.9. The third kappa shape index (κ3) is 5.60. The highest BCUT2D eigenvalue weighted by Crippen LogP contribution is 2.22. The molecule has 0 radical (unpaired) electrons. The lowest BCUT2D eigenvalue weighted by Gasteiger charge is -2.10. The zero-order valence-corrected chi connectivity index (χ0v) is 17.1. The minimum Gasteiger partial charge on any atom is -0.494 e. The summed E-state index contributed by atoms with van der Waals surface area (Å²) in [7, 11) is 0. The second-order valence-electron chi connectivity index (χ2n) is 6.59. The topological polar surface area (TPSA) is 69.0 Å². The van der Waals surface area contributed by atoms with Gasteiger partial charge in [-0.3, -0.25) is 9.36 Å². The van der Waals surface area contributed by atoms with Gasteiger partial charge in [0.2, 0.25) is 5.91 Å². The summed E-state index contributed by atoms with van der Waals surface area (Å²) in [6, 6.07) is 13.9. The molecule has 3 aromatic rings. The molecule has 2 aromatic carbocycles. The number of hydrogen-bond donors (Lipinski definition) is 1. The van der Waals surface area contributed by atoms with Crippen molar-refractivity contribution in [2.45, 2.75) is 32.3 Å². The Morgan fingerprint density at radius 1 is 1.18 bits per heavy atom. The predicted octanol–water partition coefficient (Wildman–Crippen LogP) is 4.40.